The number of benzene rings is 2. The second-order valence-electron chi connectivity index (χ2n) is 9.28. The average molecular weight is 434 g/mol. The first-order valence-electron chi connectivity index (χ1n) is 11.2. The third-order valence-corrected chi connectivity index (χ3v) is 5.49. The molecule has 1 saturated heterocycles. The first kappa shape index (κ1) is 22.0. The molecule has 1 fully saturated rings. The molecule has 0 bridgehead atoms. The van der Waals surface area contributed by atoms with Gasteiger partial charge in [0.15, 0.2) is 0 Å². The van der Waals surface area contributed by atoms with E-state index in [1.54, 1.807) is 0 Å². The van der Waals surface area contributed by atoms with Gasteiger partial charge in [0.1, 0.15) is 12.4 Å². The molecule has 1 aliphatic rings. The Bertz CT molecular complexity index is 1160. The lowest BCUT2D eigenvalue weighted by atomic mass is 10.1. The van der Waals surface area contributed by atoms with Crippen LogP contribution in [0.3, 0.4) is 0 Å². The number of amides is 1. The maximum atomic E-state index is 13.6. The molecule has 4 rings (SSSR count). The molecule has 0 unspecified atom stereocenters. The molecule has 1 aliphatic heterocycles. The molecule has 2 N–H and O–H groups in total. The predicted octanol–water partition coefficient (Wildman–Crippen LogP) is 2.78. The normalized spacial score (nSPS) is 14.9. The van der Waals surface area contributed by atoms with Gasteiger partial charge in [0, 0.05) is 36.4 Å². The van der Waals surface area contributed by atoms with Crippen LogP contribution < -0.4 is 21.1 Å². The second kappa shape index (κ2) is 9.12. The molecule has 168 valence electrons. The SMILES string of the molecule is CC(C)(C)NC(=O)Cn1c(-c2ccccc2)nc2ccc(N3CCCNCC3)cc2c1=O. The number of nitrogens with one attached hydrogen (secondary N) is 2. The summed E-state index contributed by atoms with van der Waals surface area (Å²) in [6.07, 6.45) is 1.06. The van der Waals surface area contributed by atoms with E-state index in [0.29, 0.717) is 16.7 Å². The molecular formula is C25H31N5O2. The van der Waals surface area contributed by atoms with E-state index in [9.17, 15) is 9.59 Å². The molecular weight excluding hydrogens is 402 g/mol. The lowest BCUT2D eigenvalue weighted by Gasteiger charge is -2.23. The summed E-state index contributed by atoms with van der Waals surface area (Å²) in [5.74, 6) is 0.284. The van der Waals surface area contributed by atoms with Crippen LogP contribution in [0.4, 0.5) is 5.69 Å². The van der Waals surface area contributed by atoms with Crippen LogP contribution >= 0.6 is 0 Å². The van der Waals surface area contributed by atoms with Crippen LogP contribution in [0.25, 0.3) is 22.3 Å². The minimum absolute atomic E-state index is 0.0822. The largest absolute Gasteiger partial charge is 0.370 e. The van der Waals surface area contributed by atoms with E-state index in [-0.39, 0.29) is 23.6 Å². The summed E-state index contributed by atoms with van der Waals surface area (Å²) >= 11 is 0. The topological polar surface area (TPSA) is 79.3 Å². The van der Waals surface area contributed by atoms with Crippen molar-refractivity contribution in [3.8, 4) is 11.4 Å². The summed E-state index contributed by atoms with van der Waals surface area (Å²) in [6, 6.07) is 15.4. The van der Waals surface area contributed by atoms with E-state index in [2.05, 4.69) is 15.5 Å². The minimum Gasteiger partial charge on any atom is -0.370 e. The highest BCUT2D eigenvalue weighted by molar-refractivity contribution is 5.84. The zero-order chi connectivity index (χ0) is 22.7. The molecule has 0 spiro atoms. The zero-order valence-electron chi connectivity index (χ0n) is 19.0. The molecule has 0 aliphatic carbocycles. The van der Waals surface area contributed by atoms with E-state index in [1.807, 2.05) is 69.3 Å². The second-order valence-corrected chi connectivity index (χ2v) is 9.28. The van der Waals surface area contributed by atoms with Crippen LogP contribution in [-0.4, -0.2) is 47.2 Å². The van der Waals surface area contributed by atoms with Crippen molar-refractivity contribution in [3.05, 3.63) is 58.9 Å². The minimum atomic E-state index is -0.383. The summed E-state index contributed by atoms with van der Waals surface area (Å²) in [6.45, 7) is 9.44. The number of fused-ring (bicyclic) bond motifs is 1. The number of aromatic nitrogens is 2. The number of hydrogen-bond acceptors (Lipinski definition) is 5. The summed E-state index contributed by atoms with van der Waals surface area (Å²) in [7, 11) is 0. The molecule has 1 aromatic heterocycles. The number of hydrogen-bond donors (Lipinski definition) is 2. The summed E-state index contributed by atoms with van der Waals surface area (Å²) < 4.78 is 1.49. The Hall–Kier alpha value is -3.19. The summed E-state index contributed by atoms with van der Waals surface area (Å²) in [5.41, 5.74) is 1.87. The number of rotatable bonds is 4. The van der Waals surface area contributed by atoms with Gasteiger partial charge in [-0.15, -0.1) is 0 Å². The molecule has 0 saturated carbocycles. The van der Waals surface area contributed by atoms with Gasteiger partial charge in [0.25, 0.3) is 5.56 Å². The van der Waals surface area contributed by atoms with Crippen LogP contribution in [0.1, 0.15) is 27.2 Å². The van der Waals surface area contributed by atoms with E-state index in [4.69, 9.17) is 4.98 Å². The first-order valence-corrected chi connectivity index (χ1v) is 11.2. The molecule has 7 heteroatoms. The van der Waals surface area contributed by atoms with Crippen LogP contribution in [0.5, 0.6) is 0 Å². The summed E-state index contributed by atoms with van der Waals surface area (Å²) in [4.78, 5) is 33.5. The van der Waals surface area contributed by atoms with Gasteiger partial charge in [0.2, 0.25) is 5.91 Å². The standard InChI is InChI=1S/C25H31N5O2/c1-25(2,3)28-22(31)17-30-23(18-8-5-4-6-9-18)27-21-11-10-19(16-20(21)24(30)32)29-14-7-12-26-13-15-29/h4-6,8-11,16,26H,7,12-15,17H2,1-3H3,(H,28,31). The maximum Gasteiger partial charge on any atom is 0.262 e. The van der Waals surface area contributed by atoms with E-state index >= 15 is 0 Å². The van der Waals surface area contributed by atoms with Crippen molar-refractivity contribution in [3.63, 3.8) is 0 Å². The average Bonchev–Trinajstić information content (AvgIpc) is 3.04. The zero-order valence-corrected chi connectivity index (χ0v) is 19.0. The lowest BCUT2D eigenvalue weighted by molar-refractivity contribution is -0.123. The first-order chi connectivity index (χ1) is 15.3. The van der Waals surface area contributed by atoms with Gasteiger partial charge in [-0.05, 0) is 51.9 Å². The van der Waals surface area contributed by atoms with Crippen molar-refractivity contribution >= 4 is 22.5 Å². The Labute approximate surface area is 188 Å². The summed E-state index contributed by atoms with van der Waals surface area (Å²) in [5, 5.41) is 6.89. The fourth-order valence-corrected chi connectivity index (χ4v) is 4.07. The molecule has 2 heterocycles. The fourth-order valence-electron chi connectivity index (χ4n) is 4.07. The van der Waals surface area contributed by atoms with Crippen molar-refractivity contribution in [1.29, 1.82) is 0 Å². The predicted molar refractivity (Wildman–Crippen MR) is 129 cm³/mol. The highest BCUT2D eigenvalue weighted by Crippen LogP contribution is 2.23. The molecule has 7 nitrogen and oxygen atoms in total. The third-order valence-electron chi connectivity index (χ3n) is 5.49. The molecule has 2 aromatic carbocycles. The van der Waals surface area contributed by atoms with E-state index in [1.165, 1.54) is 4.57 Å². The van der Waals surface area contributed by atoms with Crippen LogP contribution in [0.2, 0.25) is 0 Å². The van der Waals surface area contributed by atoms with Gasteiger partial charge in [-0.25, -0.2) is 4.98 Å². The number of carbonyl (C=O) groups is 1. The van der Waals surface area contributed by atoms with Crippen LogP contribution in [-0.2, 0) is 11.3 Å². The quantitative estimate of drug-likeness (QED) is 0.662. The lowest BCUT2D eigenvalue weighted by Crippen LogP contribution is -2.43. The Balaban J connectivity index is 1.82. The molecule has 1 amide bonds. The molecule has 32 heavy (non-hydrogen) atoms. The van der Waals surface area contributed by atoms with Gasteiger partial charge >= 0.3 is 0 Å². The van der Waals surface area contributed by atoms with E-state index in [0.717, 1.165) is 43.9 Å². The number of anilines is 1. The van der Waals surface area contributed by atoms with Crippen LogP contribution in [0.15, 0.2) is 53.3 Å². The van der Waals surface area contributed by atoms with Gasteiger partial charge in [-0.3, -0.25) is 14.2 Å². The highest BCUT2D eigenvalue weighted by Gasteiger charge is 2.20. The van der Waals surface area contributed by atoms with Gasteiger partial charge in [0.05, 0.1) is 10.9 Å². The Kier molecular flexibility index (Phi) is 6.28. The molecule has 0 atom stereocenters. The Morgan fingerprint density at radius 3 is 2.62 bits per heavy atom. The van der Waals surface area contributed by atoms with Gasteiger partial charge in [-0.2, -0.15) is 0 Å². The Morgan fingerprint density at radius 1 is 1.09 bits per heavy atom. The fraction of sp³-hybridized carbons (Fsp3) is 0.400. The maximum absolute atomic E-state index is 13.6. The smallest absolute Gasteiger partial charge is 0.262 e. The van der Waals surface area contributed by atoms with Crippen molar-refractivity contribution in [1.82, 2.24) is 20.2 Å². The Morgan fingerprint density at radius 2 is 1.88 bits per heavy atom. The van der Waals surface area contributed by atoms with Crippen molar-refractivity contribution in [2.45, 2.75) is 39.3 Å². The van der Waals surface area contributed by atoms with E-state index < -0.39 is 0 Å². The molecule has 3 aromatic rings. The number of nitrogens with zero attached hydrogens (tertiary/aromatic N) is 3. The third kappa shape index (κ3) is 4.99. The van der Waals surface area contributed by atoms with Gasteiger partial charge < -0.3 is 15.5 Å². The monoisotopic (exact) mass is 433 g/mol. The van der Waals surface area contributed by atoms with Crippen LogP contribution in [0, 0.1) is 0 Å². The number of carbonyl (C=O) groups excluding carboxylic acids is 1. The molecule has 0 radical (unpaired) electrons. The van der Waals surface area contributed by atoms with Crippen molar-refractivity contribution in [2.24, 2.45) is 0 Å². The van der Waals surface area contributed by atoms with Crippen molar-refractivity contribution in [2.75, 3.05) is 31.1 Å². The van der Waals surface area contributed by atoms with Gasteiger partial charge in [-0.1, -0.05) is 30.3 Å². The highest BCUT2D eigenvalue weighted by atomic mass is 16.2. The van der Waals surface area contributed by atoms with Crippen molar-refractivity contribution < 1.29 is 4.79 Å².